The zero-order chi connectivity index (χ0) is 24.9. The number of pyridine rings is 1. The van der Waals surface area contributed by atoms with Crippen LogP contribution in [0.5, 0.6) is 0 Å². The number of amides is 2. The molecule has 35 heavy (non-hydrogen) atoms. The molecule has 2 amide bonds. The first-order chi connectivity index (χ1) is 17.0. The van der Waals surface area contributed by atoms with Gasteiger partial charge in [-0.3, -0.25) is 14.6 Å². The molecule has 1 aromatic heterocycles. The Kier molecular flexibility index (Phi) is 10.5. The highest BCUT2D eigenvalue weighted by molar-refractivity contribution is 5.88. The summed E-state index contributed by atoms with van der Waals surface area (Å²) in [6.07, 6.45) is 8.73. The maximum absolute atomic E-state index is 13.3. The predicted octanol–water partition coefficient (Wildman–Crippen LogP) is 5.43. The third-order valence-corrected chi connectivity index (χ3v) is 6.17. The normalized spacial score (nSPS) is 12.7. The number of rotatable bonds is 13. The Balaban J connectivity index is 1.56. The average molecular weight is 472 g/mol. The number of unbranched alkanes of at least 4 members (excludes halogenated alkanes) is 2. The van der Waals surface area contributed by atoms with E-state index in [9.17, 15) is 9.59 Å². The monoisotopic (exact) mass is 471 g/mol. The lowest BCUT2D eigenvalue weighted by atomic mass is 9.97. The fourth-order valence-electron chi connectivity index (χ4n) is 4.22. The number of hydrogen-bond donors (Lipinski definition) is 2. The van der Waals surface area contributed by atoms with E-state index in [4.69, 9.17) is 0 Å². The van der Waals surface area contributed by atoms with E-state index in [0.29, 0.717) is 0 Å². The Morgan fingerprint density at radius 2 is 1.49 bits per heavy atom. The summed E-state index contributed by atoms with van der Waals surface area (Å²) < 4.78 is 0. The summed E-state index contributed by atoms with van der Waals surface area (Å²) in [7, 11) is 0. The Hall–Kier alpha value is -3.47. The number of hydrogen-bond acceptors (Lipinski definition) is 3. The lowest BCUT2D eigenvalue weighted by Gasteiger charge is -2.26. The predicted molar refractivity (Wildman–Crippen MR) is 141 cm³/mol. The van der Waals surface area contributed by atoms with Crippen molar-refractivity contribution in [1.82, 2.24) is 15.6 Å². The summed E-state index contributed by atoms with van der Waals surface area (Å²) in [4.78, 5) is 30.0. The van der Waals surface area contributed by atoms with Gasteiger partial charge in [0.05, 0.1) is 12.5 Å². The van der Waals surface area contributed by atoms with Gasteiger partial charge >= 0.3 is 0 Å². The fraction of sp³-hybridized carbons (Fsp3) is 0.367. The standard InChI is InChI=1S/C30H37N3O2/c1-23(2)29(33-28(34)21-25-16-12-20-31-22-25)30(35)32-27(26-17-9-5-10-18-26)19-11-4-8-15-24-13-6-3-7-14-24/h3,5-7,9-10,12-14,16-18,20,22-23,27,29H,4,8,11,15,19,21H2,1-2H3,(H,32,35)(H,33,34)/t27?,29-/m0/s1. The first-order valence-corrected chi connectivity index (χ1v) is 12.6. The van der Waals surface area contributed by atoms with Crippen LogP contribution in [-0.2, 0) is 22.4 Å². The maximum atomic E-state index is 13.3. The number of aryl methyl sites for hydroxylation is 1. The molecule has 5 heteroatoms. The van der Waals surface area contributed by atoms with Gasteiger partial charge in [0.25, 0.3) is 0 Å². The Labute approximate surface area is 209 Å². The largest absolute Gasteiger partial charge is 0.348 e. The molecule has 0 aliphatic carbocycles. The van der Waals surface area contributed by atoms with Gasteiger partial charge in [0.1, 0.15) is 6.04 Å². The van der Waals surface area contributed by atoms with E-state index in [-0.39, 0.29) is 30.2 Å². The molecule has 184 valence electrons. The highest BCUT2D eigenvalue weighted by Crippen LogP contribution is 2.21. The van der Waals surface area contributed by atoms with Gasteiger partial charge in [0.2, 0.25) is 11.8 Å². The molecule has 2 aromatic carbocycles. The van der Waals surface area contributed by atoms with Crippen LogP contribution in [0.15, 0.2) is 85.2 Å². The lowest BCUT2D eigenvalue weighted by Crippen LogP contribution is -2.50. The Bertz CT molecular complexity index is 1020. The number of nitrogens with zero attached hydrogens (tertiary/aromatic N) is 1. The number of aromatic nitrogens is 1. The molecule has 0 bridgehead atoms. The van der Waals surface area contributed by atoms with Crippen LogP contribution in [0.3, 0.4) is 0 Å². The van der Waals surface area contributed by atoms with Crippen LogP contribution in [-0.4, -0.2) is 22.8 Å². The van der Waals surface area contributed by atoms with Crippen LogP contribution in [0, 0.1) is 5.92 Å². The molecule has 5 nitrogen and oxygen atoms in total. The molecule has 1 unspecified atom stereocenters. The van der Waals surface area contributed by atoms with Crippen LogP contribution < -0.4 is 10.6 Å². The summed E-state index contributed by atoms with van der Waals surface area (Å²) >= 11 is 0. The topological polar surface area (TPSA) is 71.1 Å². The molecule has 2 atom stereocenters. The molecule has 0 spiro atoms. The Morgan fingerprint density at radius 3 is 2.14 bits per heavy atom. The molecule has 3 rings (SSSR count). The molecule has 0 radical (unpaired) electrons. The minimum Gasteiger partial charge on any atom is -0.348 e. The summed E-state index contributed by atoms with van der Waals surface area (Å²) in [5.41, 5.74) is 3.28. The summed E-state index contributed by atoms with van der Waals surface area (Å²) in [6.45, 7) is 3.91. The number of benzene rings is 2. The third kappa shape index (κ3) is 9.01. The first kappa shape index (κ1) is 26.1. The van der Waals surface area contributed by atoms with Crippen molar-refractivity contribution in [3.8, 4) is 0 Å². The van der Waals surface area contributed by atoms with Gasteiger partial charge in [-0.05, 0) is 47.9 Å². The average Bonchev–Trinajstić information content (AvgIpc) is 2.88. The van der Waals surface area contributed by atoms with E-state index in [1.54, 1.807) is 18.5 Å². The molecule has 0 aliphatic rings. The van der Waals surface area contributed by atoms with Crippen molar-refractivity contribution < 1.29 is 9.59 Å². The SMILES string of the molecule is CC(C)[C@H](NC(=O)Cc1cccnc1)C(=O)NC(CCCCCc1ccccc1)c1ccccc1. The van der Waals surface area contributed by atoms with Gasteiger partial charge in [0.15, 0.2) is 0 Å². The molecule has 0 saturated carbocycles. The van der Waals surface area contributed by atoms with Gasteiger partial charge in [-0.2, -0.15) is 0 Å². The Morgan fingerprint density at radius 1 is 0.800 bits per heavy atom. The van der Waals surface area contributed by atoms with E-state index < -0.39 is 6.04 Å². The highest BCUT2D eigenvalue weighted by atomic mass is 16.2. The maximum Gasteiger partial charge on any atom is 0.243 e. The zero-order valence-electron chi connectivity index (χ0n) is 20.8. The van der Waals surface area contributed by atoms with Crippen molar-refractivity contribution in [3.63, 3.8) is 0 Å². The van der Waals surface area contributed by atoms with Crippen LogP contribution in [0.25, 0.3) is 0 Å². The second kappa shape index (κ2) is 14.1. The van der Waals surface area contributed by atoms with E-state index in [1.807, 2.05) is 44.2 Å². The van der Waals surface area contributed by atoms with Crippen molar-refractivity contribution in [3.05, 3.63) is 102 Å². The van der Waals surface area contributed by atoms with Crippen LogP contribution in [0.1, 0.15) is 62.3 Å². The highest BCUT2D eigenvalue weighted by Gasteiger charge is 2.26. The number of nitrogens with one attached hydrogen (secondary N) is 2. The minimum absolute atomic E-state index is 0.0323. The lowest BCUT2D eigenvalue weighted by molar-refractivity contribution is -0.130. The van der Waals surface area contributed by atoms with Crippen LogP contribution in [0.4, 0.5) is 0 Å². The van der Waals surface area contributed by atoms with Gasteiger partial charge in [-0.25, -0.2) is 0 Å². The van der Waals surface area contributed by atoms with E-state index >= 15 is 0 Å². The van der Waals surface area contributed by atoms with Crippen LogP contribution in [0.2, 0.25) is 0 Å². The van der Waals surface area contributed by atoms with Gasteiger partial charge < -0.3 is 10.6 Å². The summed E-state index contributed by atoms with van der Waals surface area (Å²) in [5.74, 6) is -0.350. The van der Waals surface area contributed by atoms with E-state index in [1.165, 1.54) is 5.56 Å². The van der Waals surface area contributed by atoms with Crippen molar-refractivity contribution in [2.75, 3.05) is 0 Å². The van der Waals surface area contributed by atoms with E-state index in [2.05, 4.69) is 52.0 Å². The molecule has 0 aliphatic heterocycles. The smallest absolute Gasteiger partial charge is 0.243 e. The molecule has 3 aromatic rings. The number of carbonyl (C=O) groups excluding carboxylic acids is 2. The second-order valence-corrected chi connectivity index (χ2v) is 9.38. The first-order valence-electron chi connectivity index (χ1n) is 12.6. The minimum atomic E-state index is -0.594. The fourth-order valence-corrected chi connectivity index (χ4v) is 4.22. The molecular weight excluding hydrogens is 434 g/mol. The molecule has 0 saturated heterocycles. The number of carbonyl (C=O) groups is 2. The van der Waals surface area contributed by atoms with Crippen molar-refractivity contribution in [1.29, 1.82) is 0 Å². The molecule has 0 fully saturated rings. The molecule has 2 N–H and O–H groups in total. The van der Waals surface area contributed by atoms with Crippen molar-refractivity contribution in [2.24, 2.45) is 5.92 Å². The van der Waals surface area contributed by atoms with Crippen LogP contribution >= 0.6 is 0 Å². The zero-order valence-corrected chi connectivity index (χ0v) is 20.8. The quantitative estimate of drug-likeness (QED) is 0.327. The molecule has 1 heterocycles. The van der Waals surface area contributed by atoms with Gasteiger partial charge in [-0.1, -0.05) is 93.4 Å². The van der Waals surface area contributed by atoms with Gasteiger partial charge in [0, 0.05) is 12.4 Å². The molecular formula is C30H37N3O2. The van der Waals surface area contributed by atoms with Crippen molar-refractivity contribution >= 4 is 11.8 Å². The van der Waals surface area contributed by atoms with Gasteiger partial charge in [-0.15, -0.1) is 0 Å². The summed E-state index contributed by atoms with van der Waals surface area (Å²) in [6, 6.07) is 23.6. The van der Waals surface area contributed by atoms with Crippen molar-refractivity contribution in [2.45, 2.75) is 64.5 Å². The third-order valence-electron chi connectivity index (χ3n) is 6.17. The summed E-state index contributed by atoms with van der Waals surface area (Å²) in [5, 5.41) is 6.16. The second-order valence-electron chi connectivity index (χ2n) is 9.38. The van der Waals surface area contributed by atoms with E-state index in [0.717, 1.165) is 43.2 Å².